The summed E-state index contributed by atoms with van der Waals surface area (Å²) >= 11 is 1.12. The second-order valence-corrected chi connectivity index (χ2v) is 10.3. The molecule has 1 aromatic carbocycles. The highest BCUT2D eigenvalue weighted by atomic mass is 32.2. The van der Waals surface area contributed by atoms with Crippen molar-refractivity contribution in [3.05, 3.63) is 41.6 Å². The summed E-state index contributed by atoms with van der Waals surface area (Å²) < 4.78 is 37.9. The molecule has 0 bridgehead atoms. The number of aromatic nitrogens is 2. The highest BCUT2D eigenvalue weighted by Gasteiger charge is 2.33. The molecule has 2 aromatic heterocycles. The van der Waals surface area contributed by atoms with Gasteiger partial charge in [-0.1, -0.05) is 11.2 Å². The number of piperidine rings is 1. The zero-order chi connectivity index (χ0) is 22.0. The van der Waals surface area contributed by atoms with Crippen LogP contribution in [0.2, 0.25) is 0 Å². The Hall–Kier alpha value is -2.76. The fraction of sp³-hybridized carbons (Fsp3) is 0.350. The summed E-state index contributed by atoms with van der Waals surface area (Å²) in [4.78, 5) is 16.7. The number of thiophene rings is 1. The Labute approximate surface area is 184 Å². The van der Waals surface area contributed by atoms with E-state index in [-0.39, 0.29) is 29.1 Å². The number of carbonyl (C=O) groups is 1. The first kappa shape index (κ1) is 21.5. The predicted octanol–water partition coefficient (Wildman–Crippen LogP) is 3.15. The number of hydrogen-bond donors (Lipinski definition) is 1. The van der Waals surface area contributed by atoms with Crippen molar-refractivity contribution in [1.82, 2.24) is 14.4 Å². The van der Waals surface area contributed by atoms with Crippen molar-refractivity contribution in [3.8, 4) is 17.1 Å². The molecule has 4 rings (SSSR count). The van der Waals surface area contributed by atoms with Gasteiger partial charge in [-0.25, -0.2) is 8.42 Å². The molecule has 1 aliphatic rings. The minimum atomic E-state index is -3.64. The first-order chi connectivity index (χ1) is 14.9. The van der Waals surface area contributed by atoms with E-state index in [0.717, 1.165) is 11.3 Å². The third-order valence-electron chi connectivity index (χ3n) is 5.12. The Morgan fingerprint density at radius 3 is 2.74 bits per heavy atom. The summed E-state index contributed by atoms with van der Waals surface area (Å²) in [6, 6.07) is 8.70. The number of hydrogen-bond acceptors (Lipinski definition) is 8. The zero-order valence-corrected chi connectivity index (χ0v) is 18.7. The number of amides is 1. The van der Waals surface area contributed by atoms with Gasteiger partial charge in [0.25, 0.3) is 10.0 Å². The number of sulfonamides is 1. The number of nitrogens with zero attached hydrogens (tertiary/aromatic N) is 3. The molecule has 0 aliphatic carbocycles. The van der Waals surface area contributed by atoms with Gasteiger partial charge in [-0.3, -0.25) is 4.79 Å². The molecule has 1 amide bonds. The lowest BCUT2D eigenvalue weighted by molar-refractivity contribution is -0.120. The van der Waals surface area contributed by atoms with E-state index in [1.165, 1.54) is 4.31 Å². The Bertz CT molecular complexity index is 1180. The number of benzene rings is 1. The topological polar surface area (TPSA) is 115 Å². The number of carbonyl (C=O) groups excluding carboxylic acids is 1. The third kappa shape index (κ3) is 4.63. The van der Waals surface area contributed by atoms with Gasteiger partial charge >= 0.3 is 0 Å². The maximum Gasteiger partial charge on any atom is 0.252 e. The number of aryl methyl sites for hydroxylation is 1. The van der Waals surface area contributed by atoms with E-state index in [1.807, 2.05) is 0 Å². The second kappa shape index (κ2) is 8.77. The fourth-order valence-electron chi connectivity index (χ4n) is 3.42. The van der Waals surface area contributed by atoms with Crippen molar-refractivity contribution < 1.29 is 22.5 Å². The Balaban J connectivity index is 1.38. The highest BCUT2D eigenvalue weighted by molar-refractivity contribution is 7.91. The van der Waals surface area contributed by atoms with Crippen molar-refractivity contribution in [2.45, 2.75) is 24.0 Å². The van der Waals surface area contributed by atoms with Crippen LogP contribution in [0.25, 0.3) is 11.4 Å². The summed E-state index contributed by atoms with van der Waals surface area (Å²) in [5, 5.41) is 8.42. The van der Waals surface area contributed by atoms with E-state index >= 15 is 0 Å². The summed E-state index contributed by atoms with van der Waals surface area (Å²) in [5.74, 6) is 1.07. The van der Waals surface area contributed by atoms with Crippen LogP contribution >= 0.6 is 11.3 Å². The van der Waals surface area contributed by atoms with Gasteiger partial charge < -0.3 is 14.6 Å². The van der Waals surface area contributed by atoms with Crippen LogP contribution in [-0.4, -0.2) is 49.0 Å². The van der Waals surface area contributed by atoms with Gasteiger partial charge in [-0.2, -0.15) is 9.29 Å². The minimum absolute atomic E-state index is 0.115. The van der Waals surface area contributed by atoms with E-state index in [0.29, 0.717) is 41.6 Å². The molecular weight excluding hydrogens is 440 g/mol. The van der Waals surface area contributed by atoms with Crippen LogP contribution in [0.1, 0.15) is 18.7 Å². The van der Waals surface area contributed by atoms with Gasteiger partial charge in [0.1, 0.15) is 9.96 Å². The number of methoxy groups -OCH3 is 1. The number of ether oxygens (including phenoxy) is 1. The normalized spacial score (nSPS) is 15.7. The molecular formula is C20H22N4O5S2. The van der Waals surface area contributed by atoms with Gasteiger partial charge in [0, 0.05) is 48.6 Å². The monoisotopic (exact) mass is 462 g/mol. The molecule has 3 aromatic rings. The maximum atomic E-state index is 13.0. The number of rotatable bonds is 6. The lowest BCUT2D eigenvalue weighted by atomic mass is 9.97. The Morgan fingerprint density at radius 2 is 2.06 bits per heavy atom. The van der Waals surface area contributed by atoms with Crippen molar-refractivity contribution in [2.75, 3.05) is 25.5 Å². The molecule has 3 heterocycles. The smallest absolute Gasteiger partial charge is 0.252 e. The summed E-state index contributed by atoms with van der Waals surface area (Å²) in [7, 11) is -2.08. The molecule has 164 valence electrons. The predicted molar refractivity (Wildman–Crippen MR) is 115 cm³/mol. The molecule has 1 N–H and O–H groups in total. The van der Waals surface area contributed by atoms with Crippen LogP contribution in [-0.2, 0) is 14.8 Å². The van der Waals surface area contributed by atoms with Crippen molar-refractivity contribution in [3.63, 3.8) is 0 Å². The summed E-state index contributed by atoms with van der Waals surface area (Å²) in [5.41, 5.74) is 1.26. The Kier molecular flexibility index (Phi) is 6.08. The van der Waals surface area contributed by atoms with Crippen LogP contribution in [0, 0.1) is 12.8 Å². The van der Waals surface area contributed by atoms with Gasteiger partial charge in [-0.05, 0) is 31.0 Å². The molecule has 1 aliphatic heterocycles. The minimum Gasteiger partial charge on any atom is -0.497 e. The third-order valence-corrected chi connectivity index (χ3v) is 8.43. The van der Waals surface area contributed by atoms with Gasteiger partial charge in [0.15, 0.2) is 0 Å². The second-order valence-electron chi connectivity index (χ2n) is 7.19. The maximum absolute atomic E-state index is 13.0. The van der Waals surface area contributed by atoms with Crippen LogP contribution < -0.4 is 10.1 Å². The standard InChI is InChI=1S/C20H22N4O5S2/c1-13-21-19(23-29-13)15-10-18(30-12-15)31(26,27)24-8-6-14(7-9-24)20(25)22-16-4-3-5-17(11-16)28-2/h3-5,10-12,14H,6-9H2,1-2H3,(H,22,25). The molecule has 0 spiro atoms. The largest absolute Gasteiger partial charge is 0.497 e. The van der Waals surface area contributed by atoms with E-state index in [2.05, 4.69) is 15.5 Å². The van der Waals surface area contributed by atoms with Crippen molar-refractivity contribution in [1.29, 1.82) is 0 Å². The van der Waals surface area contributed by atoms with Gasteiger partial charge in [0.05, 0.1) is 7.11 Å². The molecule has 9 nitrogen and oxygen atoms in total. The average Bonchev–Trinajstić information content (AvgIpc) is 3.43. The molecule has 1 saturated heterocycles. The molecule has 31 heavy (non-hydrogen) atoms. The van der Waals surface area contributed by atoms with E-state index in [1.54, 1.807) is 49.7 Å². The number of nitrogens with one attached hydrogen (secondary N) is 1. The van der Waals surface area contributed by atoms with E-state index in [4.69, 9.17) is 9.26 Å². The Morgan fingerprint density at radius 1 is 1.29 bits per heavy atom. The average molecular weight is 463 g/mol. The summed E-state index contributed by atoms with van der Waals surface area (Å²) in [6.07, 6.45) is 0.911. The molecule has 0 unspecified atom stereocenters. The van der Waals surface area contributed by atoms with Gasteiger partial charge in [0.2, 0.25) is 17.6 Å². The SMILES string of the molecule is COc1cccc(NC(=O)C2CCN(S(=O)(=O)c3cc(-c4noc(C)n4)cs3)CC2)c1. The zero-order valence-electron chi connectivity index (χ0n) is 17.1. The van der Waals surface area contributed by atoms with Crippen molar-refractivity contribution >= 4 is 33.0 Å². The van der Waals surface area contributed by atoms with E-state index in [9.17, 15) is 13.2 Å². The van der Waals surface area contributed by atoms with Crippen LogP contribution in [0.5, 0.6) is 5.75 Å². The van der Waals surface area contributed by atoms with Crippen LogP contribution in [0.3, 0.4) is 0 Å². The molecule has 0 saturated carbocycles. The lowest BCUT2D eigenvalue weighted by Gasteiger charge is -2.30. The highest BCUT2D eigenvalue weighted by Crippen LogP contribution is 2.31. The van der Waals surface area contributed by atoms with E-state index < -0.39 is 10.0 Å². The fourth-order valence-corrected chi connectivity index (χ4v) is 6.20. The van der Waals surface area contributed by atoms with Crippen LogP contribution in [0.15, 0.2) is 44.4 Å². The molecule has 0 radical (unpaired) electrons. The molecule has 0 atom stereocenters. The first-order valence-corrected chi connectivity index (χ1v) is 12.0. The number of anilines is 1. The van der Waals surface area contributed by atoms with Crippen molar-refractivity contribution in [2.24, 2.45) is 5.92 Å². The lowest BCUT2D eigenvalue weighted by Crippen LogP contribution is -2.41. The van der Waals surface area contributed by atoms with Gasteiger partial charge in [-0.15, -0.1) is 11.3 Å². The summed E-state index contributed by atoms with van der Waals surface area (Å²) in [6.45, 7) is 2.25. The first-order valence-electron chi connectivity index (χ1n) is 9.71. The molecule has 11 heteroatoms. The quantitative estimate of drug-likeness (QED) is 0.598. The van der Waals surface area contributed by atoms with Crippen LogP contribution in [0.4, 0.5) is 5.69 Å². The molecule has 1 fully saturated rings.